The number of hydrogen-bond donors (Lipinski definition) is 1. The van der Waals surface area contributed by atoms with Crippen molar-refractivity contribution in [2.75, 3.05) is 19.6 Å². The Morgan fingerprint density at radius 2 is 1.68 bits per heavy atom. The van der Waals surface area contributed by atoms with Crippen LogP contribution in [0.15, 0.2) is 18.2 Å². The van der Waals surface area contributed by atoms with Crippen LogP contribution in [0.1, 0.15) is 63.1 Å². The second-order valence-electron chi connectivity index (χ2n) is 10.4. The van der Waals surface area contributed by atoms with Crippen molar-refractivity contribution in [2.45, 2.75) is 77.0 Å². The van der Waals surface area contributed by atoms with Crippen LogP contribution in [0.3, 0.4) is 0 Å². The number of rotatable bonds is 4. The van der Waals surface area contributed by atoms with E-state index in [1.165, 1.54) is 24.8 Å². The third-order valence-corrected chi connectivity index (χ3v) is 7.18. The lowest BCUT2D eigenvalue weighted by Gasteiger charge is -2.45. The molecule has 0 saturated carbocycles. The van der Waals surface area contributed by atoms with Crippen LogP contribution in [0.5, 0.6) is 0 Å². The summed E-state index contributed by atoms with van der Waals surface area (Å²) in [6.45, 7) is 4.61. The van der Waals surface area contributed by atoms with Crippen LogP contribution in [0.4, 0.5) is 31.1 Å². The van der Waals surface area contributed by atoms with Crippen molar-refractivity contribution in [2.24, 2.45) is 5.41 Å². The Kier molecular flexibility index (Phi) is 8.32. The van der Waals surface area contributed by atoms with Crippen molar-refractivity contribution in [1.29, 1.82) is 0 Å². The number of benzene rings is 1. The fourth-order valence-electron chi connectivity index (χ4n) is 4.73. The summed E-state index contributed by atoms with van der Waals surface area (Å²) in [7, 11) is 0. The number of nitrogens with zero attached hydrogens (tertiary/aromatic N) is 2. The molecule has 38 heavy (non-hydrogen) atoms. The van der Waals surface area contributed by atoms with Crippen molar-refractivity contribution < 1.29 is 45.8 Å². The van der Waals surface area contributed by atoms with Gasteiger partial charge in [-0.3, -0.25) is 9.69 Å². The van der Waals surface area contributed by atoms with Crippen LogP contribution in [-0.4, -0.2) is 64.4 Å². The first-order chi connectivity index (χ1) is 17.4. The Morgan fingerprint density at radius 1 is 1.05 bits per heavy atom. The number of piperidine rings is 1. The zero-order chi connectivity index (χ0) is 28.5. The fraction of sp³-hybridized carbons (Fsp3) is 0.615. The lowest BCUT2D eigenvalue weighted by atomic mass is 9.84. The number of likely N-dealkylation sites (tertiary alicyclic amines) is 2. The standard InChI is InChI=1S/C26H30F6N2O4/c1-17(25(27,28)29)38-22(37)33-11-8-24(9-12-33)6-4-10-34(24)16-19-13-18(5-7-23(2,3)21(35)36)14-20(15-19)26(30,31)32/h13-15,17H,4,6,8-12,16H2,1-3H3,(H,35,36). The monoisotopic (exact) mass is 548 g/mol. The summed E-state index contributed by atoms with van der Waals surface area (Å²) in [6, 6.07) is 3.45. The lowest BCUT2D eigenvalue weighted by Crippen LogP contribution is -2.53. The molecule has 2 aliphatic heterocycles. The average molecular weight is 549 g/mol. The molecule has 2 aliphatic rings. The van der Waals surface area contributed by atoms with Crippen LogP contribution in [0.25, 0.3) is 0 Å². The molecule has 12 heteroatoms. The van der Waals surface area contributed by atoms with Gasteiger partial charge in [0, 0.05) is 30.7 Å². The van der Waals surface area contributed by atoms with Gasteiger partial charge in [0.2, 0.25) is 0 Å². The highest BCUT2D eigenvalue weighted by atomic mass is 19.4. The van der Waals surface area contributed by atoms with E-state index < -0.39 is 47.0 Å². The van der Waals surface area contributed by atoms with Gasteiger partial charge in [0.1, 0.15) is 5.41 Å². The minimum absolute atomic E-state index is 0.0498. The van der Waals surface area contributed by atoms with E-state index >= 15 is 0 Å². The Labute approximate surface area is 216 Å². The maximum Gasteiger partial charge on any atom is 0.425 e. The van der Waals surface area contributed by atoms with Gasteiger partial charge in [0.25, 0.3) is 0 Å². The Balaban J connectivity index is 1.77. The molecule has 6 nitrogen and oxygen atoms in total. The number of carboxylic acid groups (broad SMARTS) is 1. The summed E-state index contributed by atoms with van der Waals surface area (Å²) in [4.78, 5) is 26.8. The molecule has 0 radical (unpaired) electrons. The molecule has 1 unspecified atom stereocenters. The van der Waals surface area contributed by atoms with Gasteiger partial charge in [0.15, 0.2) is 6.10 Å². The van der Waals surface area contributed by atoms with Crippen molar-refractivity contribution >= 4 is 12.1 Å². The first-order valence-corrected chi connectivity index (χ1v) is 12.2. The van der Waals surface area contributed by atoms with Gasteiger partial charge in [0.05, 0.1) is 5.56 Å². The summed E-state index contributed by atoms with van der Waals surface area (Å²) in [5, 5.41) is 9.25. The molecule has 1 amide bonds. The predicted molar refractivity (Wildman–Crippen MR) is 125 cm³/mol. The normalized spacial score (nSPS) is 19.1. The quantitative estimate of drug-likeness (QED) is 0.387. The molecule has 0 aliphatic carbocycles. The largest absolute Gasteiger partial charge is 0.480 e. The molecule has 1 aromatic carbocycles. The van der Waals surface area contributed by atoms with Crippen molar-refractivity contribution in [1.82, 2.24) is 9.80 Å². The van der Waals surface area contributed by atoms with Gasteiger partial charge >= 0.3 is 24.4 Å². The SMILES string of the molecule is CC(OC(=O)N1CCC2(CCCN2Cc2cc(C#CC(C)(C)C(=O)O)cc(C(F)(F)F)c2)CC1)C(F)(F)F. The van der Waals surface area contributed by atoms with Gasteiger partial charge in [-0.15, -0.1) is 0 Å². The third kappa shape index (κ3) is 6.92. The molecular formula is C26H30F6N2O4. The number of ether oxygens (including phenoxy) is 1. The van der Waals surface area contributed by atoms with Crippen molar-refractivity contribution in [3.8, 4) is 11.8 Å². The van der Waals surface area contributed by atoms with Gasteiger partial charge in [-0.2, -0.15) is 26.3 Å². The molecule has 2 fully saturated rings. The Hall–Kier alpha value is -2.94. The molecular weight excluding hydrogens is 518 g/mol. The average Bonchev–Trinajstić information content (AvgIpc) is 3.18. The number of halogens is 6. The first kappa shape index (κ1) is 29.6. The van der Waals surface area contributed by atoms with E-state index in [2.05, 4.69) is 21.5 Å². The van der Waals surface area contributed by atoms with Gasteiger partial charge in [-0.25, -0.2) is 4.79 Å². The number of aliphatic carboxylic acids is 1. The highest BCUT2D eigenvalue weighted by Gasteiger charge is 2.45. The maximum absolute atomic E-state index is 13.6. The number of carboxylic acids is 1. The number of alkyl halides is 6. The van der Waals surface area contributed by atoms with Crippen LogP contribution in [-0.2, 0) is 22.3 Å². The van der Waals surface area contributed by atoms with E-state index in [1.807, 2.05) is 0 Å². The smallest absolute Gasteiger partial charge is 0.425 e. The molecule has 2 saturated heterocycles. The van der Waals surface area contributed by atoms with Crippen LogP contribution >= 0.6 is 0 Å². The molecule has 210 valence electrons. The number of amides is 1. The van der Waals surface area contributed by atoms with Crippen LogP contribution < -0.4 is 0 Å². The number of carbonyl (C=O) groups excluding carboxylic acids is 1. The third-order valence-electron chi connectivity index (χ3n) is 7.18. The molecule has 1 aromatic rings. The zero-order valence-electron chi connectivity index (χ0n) is 21.3. The van der Waals surface area contributed by atoms with E-state index in [0.29, 0.717) is 24.9 Å². The van der Waals surface area contributed by atoms with Gasteiger partial charge < -0.3 is 14.7 Å². The van der Waals surface area contributed by atoms with E-state index in [-0.39, 0.29) is 25.2 Å². The van der Waals surface area contributed by atoms with Crippen molar-refractivity contribution in [3.63, 3.8) is 0 Å². The molecule has 3 rings (SSSR count). The molecule has 2 heterocycles. The molecule has 0 bridgehead atoms. The first-order valence-electron chi connectivity index (χ1n) is 12.2. The second kappa shape index (κ2) is 10.7. The molecule has 1 spiro atoms. The number of hydrogen-bond acceptors (Lipinski definition) is 4. The number of carbonyl (C=O) groups is 2. The van der Waals surface area contributed by atoms with E-state index in [9.17, 15) is 41.0 Å². The highest BCUT2D eigenvalue weighted by Crippen LogP contribution is 2.40. The van der Waals surface area contributed by atoms with Crippen molar-refractivity contribution in [3.05, 3.63) is 34.9 Å². The topological polar surface area (TPSA) is 70.1 Å². The summed E-state index contributed by atoms with van der Waals surface area (Å²) >= 11 is 0. The highest BCUT2D eigenvalue weighted by molar-refractivity contribution is 5.77. The predicted octanol–water partition coefficient (Wildman–Crippen LogP) is 5.69. The maximum atomic E-state index is 13.6. The van der Waals surface area contributed by atoms with Gasteiger partial charge in [-0.05, 0) is 76.8 Å². The zero-order valence-corrected chi connectivity index (χ0v) is 21.3. The minimum atomic E-state index is -4.66. The molecule has 1 atom stereocenters. The van der Waals surface area contributed by atoms with E-state index in [0.717, 1.165) is 31.9 Å². The lowest BCUT2D eigenvalue weighted by molar-refractivity contribution is -0.200. The summed E-state index contributed by atoms with van der Waals surface area (Å²) in [6.07, 6.45) is -10.1. The summed E-state index contributed by atoms with van der Waals surface area (Å²) in [5.74, 6) is 3.90. The minimum Gasteiger partial charge on any atom is -0.480 e. The second-order valence-corrected chi connectivity index (χ2v) is 10.4. The van der Waals surface area contributed by atoms with Gasteiger partial charge in [-0.1, -0.05) is 11.8 Å². The van der Waals surface area contributed by atoms with Crippen LogP contribution in [0.2, 0.25) is 0 Å². The molecule has 0 aromatic heterocycles. The summed E-state index contributed by atoms with van der Waals surface area (Å²) in [5.41, 5.74) is -2.33. The Morgan fingerprint density at radius 3 is 2.24 bits per heavy atom. The molecule has 1 N–H and O–H groups in total. The Bertz CT molecular complexity index is 1110. The van der Waals surface area contributed by atoms with E-state index in [1.54, 1.807) is 0 Å². The van der Waals surface area contributed by atoms with E-state index in [4.69, 9.17) is 0 Å². The fourth-order valence-corrected chi connectivity index (χ4v) is 4.73. The van der Waals surface area contributed by atoms with Crippen LogP contribution in [0, 0.1) is 17.3 Å². The summed E-state index contributed by atoms with van der Waals surface area (Å²) < 4.78 is 83.6.